The third-order valence-electron chi connectivity index (χ3n) is 4.95. The van der Waals surface area contributed by atoms with Crippen molar-refractivity contribution >= 4 is 29.4 Å². The lowest BCUT2D eigenvalue weighted by Crippen LogP contribution is -2.51. The normalized spacial score (nSPS) is 16.0. The molecule has 9 heteroatoms. The molecule has 166 valence electrons. The van der Waals surface area contributed by atoms with Crippen molar-refractivity contribution in [2.45, 2.75) is 25.8 Å². The second-order valence-electron chi connectivity index (χ2n) is 7.02. The van der Waals surface area contributed by atoms with Crippen molar-refractivity contribution in [3.63, 3.8) is 0 Å². The largest absolute Gasteiger partial charge is 0.468 e. The van der Waals surface area contributed by atoms with E-state index in [-0.39, 0.29) is 24.4 Å². The van der Waals surface area contributed by atoms with Gasteiger partial charge < -0.3 is 14.8 Å². The number of carbonyl (C=O) groups is 3. The SMILES string of the molecule is CCOC(=O)CCCNC(=O)CN1CCN(C(C(=O)OC)c2ccccc2Cl)CC1. The number of hydrogen-bond donors (Lipinski definition) is 1. The van der Waals surface area contributed by atoms with E-state index in [0.717, 1.165) is 5.56 Å². The van der Waals surface area contributed by atoms with E-state index in [1.807, 2.05) is 28.0 Å². The smallest absolute Gasteiger partial charge is 0.327 e. The molecule has 8 nitrogen and oxygen atoms in total. The molecule has 1 N–H and O–H groups in total. The number of benzene rings is 1. The van der Waals surface area contributed by atoms with Crippen LogP contribution >= 0.6 is 11.6 Å². The highest BCUT2D eigenvalue weighted by molar-refractivity contribution is 6.31. The van der Waals surface area contributed by atoms with Crippen molar-refractivity contribution in [1.82, 2.24) is 15.1 Å². The Hall–Kier alpha value is -2.16. The number of nitrogens with zero attached hydrogens (tertiary/aromatic N) is 2. The first-order valence-electron chi connectivity index (χ1n) is 10.2. The third kappa shape index (κ3) is 7.27. The molecule has 1 fully saturated rings. The van der Waals surface area contributed by atoms with Gasteiger partial charge >= 0.3 is 11.9 Å². The van der Waals surface area contributed by atoms with Gasteiger partial charge in [-0.3, -0.25) is 19.4 Å². The van der Waals surface area contributed by atoms with Crippen LogP contribution < -0.4 is 5.32 Å². The molecule has 30 heavy (non-hydrogen) atoms. The van der Waals surface area contributed by atoms with Gasteiger partial charge in [0.2, 0.25) is 5.91 Å². The zero-order valence-corrected chi connectivity index (χ0v) is 18.3. The van der Waals surface area contributed by atoms with Gasteiger partial charge in [-0.05, 0) is 25.0 Å². The molecule has 0 aliphatic carbocycles. The van der Waals surface area contributed by atoms with Gasteiger partial charge in [-0.2, -0.15) is 0 Å². The Bertz CT molecular complexity index is 722. The summed E-state index contributed by atoms with van der Waals surface area (Å²) in [6.07, 6.45) is 0.848. The number of methoxy groups -OCH3 is 1. The molecular formula is C21H30ClN3O5. The fraction of sp³-hybridized carbons (Fsp3) is 0.571. The van der Waals surface area contributed by atoms with Crippen molar-refractivity contribution in [3.05, 3.63) is 34.9 Å². The van der Waals surface area contributed by atoms with E-state index in [2.05, 4.69) is 5.32 Å². The molecule has 0 radical (unpaired) electrons. The number of ether oxygens (including phenoxy) is 2. The third-order valence-corrected chi connectivity index (χ3v) is 5.29. The maximum Gasteiger partial charge on any atom is 0.327 e. The van der Waals surface area contributed by atoms with Gasteiger partial charge in [-0.25, -0.2) is 4.79 Å². The molecule has 1 heterocycles. The number of hydrogen-bond acceptors (Lipinski definition) is 7. The molecule has 1 aromatic carbocycles. The Kier molecular flexibility index (Phi) is 10.1. The molecule has 1 atom stereocenters. The summed E-state index contributed by atoms with van der Waals surface area (Å²) in [5.41, 5.74) is 0.721. The molecule has 0 aromatic heterocycles. The fourth-order valence-electron chi connectivity index (χ4n) is 3.41. The van der Waals surface area contributed by atoms with Gasteiger partial charge in [0, 0.05) is 44.2 Å². The zero-order chi connectivity index (χ0) is 21.9. The topological polar surface area (TPSA) is 88.2 Å². The maximum absolute atomic E-state index is 12.4. The molecular weight excluding hydrogens is 410 g/mol. The molecule has 1 unspecified atom stereocenters. The maximum atomic E-state index is 12.4. The summed E-state index contributed by atoms with van der Waals surface area (Å²) in [5, 5.41) is 3.35. The van der Waals surface area contributed by atoms with Gasteiger partial charge in [0.05, 0.1) is 20.3 Å². The number of piperazine rings is 1. The van der Waals surface area contributed by atoms with Crippen molar-refractivity contribution in [2.75, 3.05) is 53.0 Å². The minimum atomic E-state index is -0.567. The lowest BCUT2D eigenvalue weighted by atomic mass is 10.0. The highest BCUT2D eigenvalue weighted by atomic mass is 35.5. The molecule has 1 aromatic rings. The summed E-state index contributed by atoms with van der Waals surface area (Å²) < 4.78 is 9.86. The summed E-state index contributed by atoms with van der Waals surface area (Å²) in [4.78, 5) is 39.9. The van der Waals surface area contributed by atoms with Crippen LogP contribution in [0.1, 0.15) is 31.4 Å². The highest BCUT2D eigenvalue weighted by Crippen LogP contribution is 2.29. The quantitative estimate of drug-likeness (QED) is 0.438. The fourth-order valence-corrected chi connectivity index (χ4v) is 3.65. The molecule has 0 spiro atoms. The second kappa shape index (κ2) is 12.5. The number of nitrogens with one attached hydrogen (secondary N) is 1. The number of carbonyl (C=O) groups excluding carboxylic acids is 3. The van der Waals surface area contributed by atoms with Gasteiger partial charge in [0.1, 0.15) is 6.04 Å². The number of halogens is 1. The van der Waals surface area contributed by atoms with E-state index in [0.29, 0.717) is 57.2 Å². The van der Waals surface area contributed by atoms with Gasteiger partial charge in [0.25, 0.3) is 0 Å². The van der Waals surface area contributed by atoms with E-state index in [9.17, 15) is 14.4 Å². The van der Waals surface area contributed by atoms with E-state index in [1.54, 1.807) is 13.0 Å². The van der Waals surface area contributed by atoms with Gasteiger partial charge in [-0.1, -0.05) is 29.8 Å². The molecule has 0 bridgehead atoms. The predicted molar refractivity (Wildman–Crippen MR) is 113 cm³/mol. The number of amides is 1. The molecule has 1 amide bonds. The van der Waals surface area contributed by atoms with E-state index in [1.165, 1.54) is 7.11 Å². The van der Waals surface area contributed by atoms with Crippen molar-refractivity contribution < 1.29 is 23.9 Å². The minimum Gasteiger partial charge on any atom is -0.468 e. The molecule has 1 aliphatic rings. The molecule has 0 saturated carbocycles. The van der Waals surface area contributed by atoms with Crippen LogP contribution in [0.4, 0.5) is 0 Å². The van der Waals surface area contributed by atoms with Crippen LogP contribution in [0.2, 0.25) is 5.02 Å². The van der Waals surface area contributed by atoms with E-state index < -0.39 is 6.04 Å². The minimum absolute atomic E-state index is 0.0806. The molecule has 1 aliphatic heterocycles. The van der Waals surface area contributed by atoms with E-state index >= 15 is 0 Å². The summed E-state index contributed by atoms with van der Waals surface area (Å²) >= 11 is 6.31. The number of esters is 2. The Labute approximate surface area is 182 Å². The predicted octanol–water partition coefficient (Wildman–Crippen LogP) is 1.63. The second-order valence-corrected chi connectivity index (χ2v) is 7.43. The monoisotopic (exact) mass is 439 g/mol. The average molecular weight is 440 g/mol. The van der Waals surface area contributed by atoms with Crippen LogP contribution in [0.5, 0.6) is 0 Å². The van der Waals surface area contributed by atoms with Crippen molar-refractivity contribution in [3.8, 4) is 0 Å². The standard InChI is InChI=1S/C21H30ClN3O5/c1-3-30-19(27)9-6-10-23-18(26)15-24-11-13-25(14-12-24)20(21(28)29-2)16-7-4-5-8-17(16)22/h4-5,7-8,20H,3,6,9-15H2,1-2H3,(H,23,26). The lowest BCUT2D eigenvalue weighted by Gasteiger charge is -2.38. The van der Waals surface area contributed by atoms with Crippen LogP contribution in [0, 0.1) is 0 Å². The lowest BCUT2D eigenvalue weighted by molar-refractivity contribution is -0.148. The van der Waals surface area contributed by atoms with Crippen LogP contribution in [0.15, 0.2) is 24.3 Å². The number of rotatable bonds is 10. The van der Waals surface area contributed by atoms with E-state index in [4.69, 9.17) is 21.1 Å². The first-order chi connectivity index (χ1) is 14.5. The van der Waals surface area contributed by atoms with Gasteiger partial charge in [0.15, 0.2) is 0 Å². The average Bonchev–Trinajstić information content (AvgIpc) is 2.74. The highest BCUT2D eigenvalue weighted by Gasteiger charge is 2.32. The van der Waals surface area contributed by atoms with Crippen LogP contribution in [0.25, 0.3) is 0 Å². The summed E-state index contributed by atoms with van der Waals surface area (Å²) in [5.74, 6) is -0.680. The Morgan fingerprint density at radius 1 is 1.17 bits per heavy atom. The first kappa shape index (κ1) is 24.1. The van der Waals surface area contributed by atoms with Gasteiger partial charge in [-0.15, -0.1) is 0 Å². The Balaban J connectivity index is 1.80. The zero-order valence-electron chi connectivity index (χ0n) is 17.6. The molecule has 2 rings (SSSR count). The van der Waals surface area contributed by atoms with Crippen LogP contribution in [-0.4, -0.2) is 80.6 Å². The molecule has 1 saturated heterocycles. The van der Waals surface area contributed by atoms with Crippen LogP contribution in [0.3, 0.4) is 0 Å². The van der Waals surface area contributed by atoms with Crippen molar-refractivity contribution in [2.24, 2.45) is 0 Å². The first-order valence-corrected chi connectivity index (χ1v) is 10.5. The Morgan fingerprint density at radius 2 is 1.87 bits per heavy atom. The van der Waals surface area contributed by atoms with Crippen LogP contribution in [-0.2, 0) is 23.9 Å². The summed E-state index contributed by atoms with van der Waals surface area (Å²) in [7, 11) is 1.37. The summed E-state index contributed by atoms with van der Waals surface area (Å²) in [6.45, 7) is 5.37. The summed E-state index contributed by atoms with van der Waals surface area (Å²) in [6, 6.07) is 6.70. The van der Waals surface area contributed by atoms with Crippen molar-refractivity contribution in [1.29, 1.82) is 0 Å². The Morgan fingerprint density at radius 3 is 2.50 bits per heavy atom.